The van der Waals surface area contributed by atoms with Gasteiger partial charge in [0.15, 0.2) is 0 Å². The second-order valence-corrected chi connectivity index (χ2v) is 4.14. The summed E-state index contributed by atoms with van der Waals surface area (Å²) in [6, 6.07) is 5.02. The predicted octanol–water partition coefficient (Wildman–Crippen LogP) is 0.445. The maximum Gasteiger partial charge on any atom is 0.308 e. The van der Waals surface area contributed by atoms with Crippen molar-refractivity contribution >= 4 is 5.97 Å². The maximum atomic E-state index is 11.0. The SMILES string of the molecule is COC(=O)CC(O)C(O)c1ccc(CO)cc1C. The summed E-state index contributed by atoms with van der Waals surface area (Å²) in [6.07, 6.45) is -2.63. The molecule has 2 atom stereocenters. The average molecular weight is 254 g/mol. The Morgan fingerprint density at radius 3 is 2.56 bits per heavy atom. The van der Waals surface area contributed by atoms with Gasteiger partial charge in [0.1, 0.15) is 6.10 Å². The first kappa shape index (κ1) is 14.6. The van der Waals surface area contributed by atoms with Crippen LogP contribution in [0, 0.1) is 6.92 Å². The van der Waals surface area contributed by atoms with Gasteiger partial charge in [-0.15, -0.1) is 0 Å². The van der Waals surface area contributed by atoms with Crippen molar-refractivity contribution in [2.24, 2.45) is 0 Å². The molecule has 0 radical (unpaired) electrons. The quantitative estimate of drug-likeness (QED) is 0.664. The van der Waals surface area contributed by atoms with E-state index in [-0.39, 0.29) is 13.0 Å². The largest absolute Gasteiger partial charge is 0.469 e. The lowest BCUT2D eigenvalue weighted by molar-refractivity contribution is -0.144. The molecule has 0 aliphatic carbocycles. The third kappa shape index (κ3) is 3.53. The lowest BCUT2D eigenvalue weighted by Crippen LogP contribution is -2.23. The molecule has 5 heteroatoms. The fourth-order valence-electron chi connectivity index (χ4n) is 1.74. The van der Waals surface area contributed by atoms with Crippen molar-refractivity contribution in [3.8, 4) is 0 Å². The zero-order chi connectivity index (χ0) is 13.7. The van der Waals surface area contributed by atoms with Crippen molar-refractivity contribution in [3.63, 3.8) is 0 Å². The number of hydrogen-bond acceptors (Lipinski definition) is 5. The molecule has 18 heavy (non-hydrogen) atoms. The minimum absolute atomic E-state index is 0.0814. The van der Waals surface area contributed by atoms with Crippen LogP contribution >= 0.6 is 0 Å². The Balaban J connectivity index is 2.83. The maximum absolute atomic E-state index is 11.0. The zero-order valence-corrected chi connectivity index (χ0v) is 10.5. The van der Waals surface area contributed by atoms with Crippen molar-refractivity contribution in [1.29, 1.82) is 0 Å². The van der Waals surface area contributed by atoms with Gasteiger partial charge in [-0.25, -0.2) is 0 Å². The summed E-state index contributed by atoms with van der Waals surface area (Å²) in [5.74, 6) is -0.578. The number of benzene rings is 1. The molecular weight excluding hydrogens is 236 g/mol. The first-order valence-corrected chi connectivity index (χ1v) is 5.62. The normalized spacial score (nSPS) is 14.1. The summed E-state index contributed by atoms with van der Waals surface area (Å²) in [6.45, 7) is 1.69. The zero-order valence-electron chi connectivity index (χ0n) is 10.5. The van der Waals surface area contributed by atoms with Gasteiger partial charge in [0.25, 0.3) is 0 Å². The predicted molar refractivity (Wildman–Crippen MR) is 64.7 cm³/mol. The molecule has 0 fully saturated rings. The number of carbonyl (C=O) groups excluding carboxylic acids is 1. The number of methoxy groups -OCH3 is 1. The van der Waals surface area contributed by atoms with Crippen molar-refractivity contribution < 1.29 is 24.9 Å². The van der Waals surface area contributed by atoms with E-state index in [9.17, 15) is 15.0 Å². The Bertz CT molecular complexity index is 416. The van der Waals surface area contributed by atoms with E-state index in [1.165, 1.54) is 7.11 Å². The third-order valence-corrected chi connectivity index (χ3v) is 2.80. The Morgan fingerprint density at radius 1 is 1.39 bits per heavy atom. The average Bonchev–Trinajstić information content (AvgIpc) is 2.37. The lowest BCUT2D eigenvalue weighted by atomic mass is 9.96. The number of aliphatic hydroxyl groups is 3. The van der Waals surface area contributed by atoms with Crippen LogP contribution in [0.5, 0.6) is 0 Å². The smallest absolute Gasteiger partial charge is 0.308 e. The minimum Gasteiger partial charge on any atom is -0.469 e. The molecule has 0 aromatic heterocycles. The summed E-state index contributed by atoms with van der Waals surface area (Å²) >= 11 is 0. The Kier molecular flexibility index (Phi) is 5.27. The molecule has 5 nitrogen and oxygen atoms in total. The van der Waals surface area contributed by atoms with Crippen molar-refractivity contribution in [2.75, 3.05) is 7.11 Å². The molecule has 3 N–H and O–H groups in total. The summed E-state index contributed by atoms with van der Waals surface area (Å²) < 4.78 is 4.43. The molecule has 0 aliphatic heterocycles. The molecule has 0 bridgehead atoms. The third-order valence-electron chi connectivity index (χ3n) is 2.80. The molecular formula is C13H18O5. The summed E-state index contributed by atoms with van der Waals surface area (Å²) in [5.41, 5.74) is 2.01. The second kappa shape index (κ2) is 6.49. The van der Waals surface area contributed by atoms with Gasteiger partial charge in [-0.2, -0.15) is 0 Å². The van der Waals surface area contributed by atoms with E-state index in [0.717, 1.165) is 11.1 Å². The highest BCUT2D eigenvalue weighted by atomic mass is 16.5. The number of aryl methyl sites for hydroxylation is 1. The fraction of sp³-hybridized carbons (Fsp3) is 0.462. The minimum atomic E-state index is -1.21. The molecule has 1 rings (SSSR count). The fourth-order valence-corrected chi connectivity index (χ4v) is 1.74. The number of hydrogen-bond donors (Lipinski definition) is 3. The molecule has 0 amide bonds. The van der Waals surface area contributed by atoms with Crippen LogP contribution in [0.25, 0.3) is 0 Å². The monoisotopic (exact) mass is 254 g/mol. The van der Waals surface area contributed by atoms with Crippen molar-refractivity contribution in [2.45, 2.75) is 32.2 Å². The standard InChI is InChI=1S/C13H18O5/c1-8-5-9(7-14)3-4-10(8)13(17)11(15)6-12(16)18-2/h3-5,11,13-15,17H,6-7H2,1-2H3. The highest BCUT2D eigenvalue weighted by Gasteiger charge is 2.23. The summed E-state index contributed by atoms with van der Waals surface area (Å²) in [7, 11) is 1.22. The van der Waals surface area contributed by atoms with Crippen molar-refractivity contribution in [3.05, 3.63) is 34.9 Å². The van der Waals surface area contributed by atoms with Gasteiger partial charge in [0.05, 0.1) is 26.2 Å². The molecule has 0 spiro atoms. The number of ether oxygens (including phenoxy) is 1. The van der Waals surface area contributed by atoms with Gasteiger partial charge in [-0.3, -0.25) is 4.79 Å². The Morgan fingerprint density at radius 2 is 2.06 bits per heavy atom. The van der Waals surface area contributed by atoms with Gasteiger partial charge >= 0.3 is 5.97 Å². The van der Waals surface area contributed by atoms with Crippen LogP contribution in [-0.2, 0) is 16.1 Å². The van der Waals surface area contributed by atoms with Gasteiger partial charge < -0.3 is 20.1 Å². The van der Waals surface area contributed by atoms with Crippen LogP contribution in [0.1, 0.15) is 29.2 Å². The summed E-state index contributed by atoms with van der Waals surface area (Å²) in [4.78, 5) is 11.0. The summed E-state index contributed by atoms with van der Waals surface area (Å²) in [5, 5.41) is 28.7. The second-order valence-electron chi connectivity index (χ2n) is 4.14. The molecule has 1 aromatic carbocycles. The van der Waals surface area contributed by atoms with E-state index >= 15 is 0 Å². The number of rotatable bonds is 5. The molecule has 0 heterocycles. The van der Waals surface area contributed by atoms with Crippen LogP contribution in [-0.4, -0.2) is 34.5 Å². The first-order chi connectivity index (χ1) is 8.49. The van der Waals surface area contributed by atoms with E-state index in [1.807, 2.05) is 0 Å². The van der Waals surface area contributed by atoms with Crippen LogP contribution in [0.4, 0.5) is 0 Å². The number of carbonyl (C=O) groups is 1. The first-order valence-electron chi connectivity index (χ1n) is 5.62. The molecule has 0 saturated carbocycles. The molecule has 100 valence electrons. The number of esters is 1. The topological polar surface area (TPSA) is 87.0 Å². The van der Waals surface area contributed by atoms with Gasteiger partial charge in [-0.1, -0.05) is 18.2 Å². The molecule has 2 unspecified atom stereocenters. The molecule has 0 saturated heterocycles. The van der Waals surface area contributed by atoms with Gasteiger partial charge in [-0.05, 0) is 23.6 Å². The lowest BCUT2D eigenvalue weighted by Gasteiger charge is -2.19. The van der Waals surface area contributed by atoms with Gasteiger partial charge in [0.2, 0.25) is 0 Å². The van der Waals surface area contributed by atoms with Crippen molar-refractivity contribution in [1.82, 2.24) is 0 Å². The van der Waals surface area contributed by atoms with E-state index in [0.29, 0.717) is 5.56 Å². The van der Waals surface area contributed by atoms with Crippen LogP contribution in [0.15, 0.2) is 18.2 Å². The highest BCUT2D eigenvalue weighted by molar-refractivity contribution is 5.69. The highest BCUT2D eigenvalue weighted by Crippen LogP contribution is 2.23. The van der Waals surface area contributed by atoms with Crippen LogP contribution < -0.4 is 0 Å². The van der Waals surface area contributed by atoms with E-state index in [1.54, 1.807) is 25.1 Å². The van der Waals surface area contributed by atoms with E-state index in [4.69, 9.17) is 5.11 Å². The Hall–Kier alpha value is -1.43. The van der Waals surface area contributed by atoms with Gasteiger partial charge in [0, 0.05) is 0 Å². The van der Waals surface area contributed by atoms with E-state index < -0.39 is 18.2 Å². The van der Waals surface area contributed by atoms with Crippen LogP contribution in [0.2, 0.25) is 0 Å². The molecule has 0 aliphatic rings. The Labute approximate surface area is 106 Å². The van der Waals surface area contributed by atoms with E-state index in [2.05, 4.69) is 4.74 Å². The molecule has 1 aromatic rings. The number of aliphatic hydroxyl groups excluding tert-OH is 3. The van der Waals surface area contributed by atoms with Crippen LogP contribution in [0.3, 0.4) is 0 Å².